The second kappa shape index (κ2) is 3.48. The van der Waals surface area contributed by atoms with Gasteiger partial charge in [0.2, 0.25) is 5.91 Å². The predicted octanol–water partition coefficient (Wildman–Crippen LogP) is 3.07. The highest BCUT2D eigenvalue weighted by Gasteiger charge is 2.49. The molecule has 0 bridgehead atoms. The van der Waals surface area contributed by atoms with E-state index in [1.807, 2.05) is 0 Å². The SMILES string of the molecule is CC1(C)CC1CN(C(=O)C1CC1)C(C)(C)C. The fourth-order valence-electron chi connectivity index (χ4n) is 2.35. The Labute approximate surface area is 99.4 Å². The van der Waals surface area contributed by atoms with Crippen LogP contribution in [0.25, 0.3) is 0 Å². The fraction of sp³-hybridized carbons (Fsp3) is 0.929. The van der Waals surface area contributed by atoms with E-state index in [0.29, 0.717) is 17.2 Å². The molecule has 1 amide bonds. The molecule has 2 heteroatoms. The highest BCUT2D eigenvalue weighted by Crippen LogP contribution is 2.52. The maximum Gasteiger partial charge on any atom is 0.226 e. The van der Waals surface area contributed by atoms with Crippen molar-refractivity contribution in [3.8, 4) is 0 Å². The summed E-state index contributed by atoms with van der Waals surface area (Å²) in [5.74, 6) is 1.46. The summed E-state index contributed by atoms with van der Waals surface area (Å²) in [5, 5.41) is 0. The third-order valence-corrected chi connectivity index (χ3v) is 4.12. The van der Waals surface area contributed by atoms with Gasteiger partial charge >= 0.3 is 0 Å². The molecule has 2 aliphatic rings. The first-order valence-electron chi connectivity index (χ1n) is 6.53. The van der Waals surface area contributed by atoms with Crippen molar-refractivity contribution in [1.82, 2.24) is 4.90 Å². The van der Waals surface area contributed by atoms with Gasteiger partial charge in [-0.2, -0.15) is 0 Å². The lowest BCUT2D eigenvalue weighted by atomic mass is 10.0. The minimum Gasteiger partial charge on any atom is -0.337 e. The Morgan fingerprint density at radius 3 is 2.12 bits per heavy atom. The first-order valence-corrected chi connectivity index (χ1v) is 6.53. The first-order chi connectivity index (χ1) is 7.22. The van der Waals surface area contributed by atoms with E-state index in [1.54, 1.807) is 0 Å². The van der Waals surface area contributed by atoms with Gasteiger partial charge in [-0.15, -0.1) is 0 Å². The van der Waals surface area contributed by atoms with Crippen LogP contribution in [0.5, 0.6) is 0 Å². The van der Waals surface area contributed by atoms with E-state index in [-0.39, 0.29) is 5.54 Å². The van der Waals surface area contributed by atoms with Crippen molar-refractivity contribution >= 4 is 5.91 Å². The summed E-state index contributed by atoms with van der Waals surface area (Å²) in [4.78, 5) is 14.4. The molecule has 0 N–H and O–H groups in total. The van der Waals surface area contributed by atoms with E-state index in [0.717, 1.165) is 25.3 Å². The van der Waals surface area contributed by atoms with Gasteiger partial charge in [0.05, 0.1) is 0 Å². The van der Waals surface area contributed by atoms with Crippen LogP contribution in [-0.2, 0) is 4.79 Å². The standard InChI is InChI=1S/C14H25NO/c1-13(2,3)15(12(16)10-6-7-10)9-11-8-14(11,4)5/h10-11H,6-9H2,1-5H3. The predicted molar refractivity (Wildman–Crippen MR) is 66.1 cm³/mol. The number of rotatable bonds is 3. The zero-order valence-electron chi connectivity index (χ0n) is 11.3. The van der Waals surface area contributed by atoms with Gasteiger partial charge in [0.25, 0.3) is 0 Å². The van der Waals surface area contributed by atoms with Crippen LogP contribution in [0.1, 0.15) is 53.9 Å². The van der Waals surface area contributed by atoms with Gasteiger partial charge in [0.1, 0.15) is 0 Å². The molecule has 0 spiro atoms. The summed E-state index contributed by atoms with van der Waals surface area (Å²) in [6, 6.07) is 0. The molecule has 2 nitrogen and oxygen atoms in total. The van der Waals surface area contributed by atoms with Crippen molar-refractivity contribution in [2.45, 2.75) is 59.4 Å². The number of carbonyl (C=O) groups is 1. The Bertz CT molecular complexity index is 296. The first kappa shape index (κ1) is 11.9. The lowest BCUT2D eigenvalue weighted by Crippen LogP contribution is -2.47. The summed E-state index contributed by atoms with van der Waals surface area (Å²) < 4.78 is 0. The minimum absolute atomic E-state index is 0.0155. The second-order valence-corrected chi connectivity index (χ2v) is 7.28. The summed E-state index contributed by atoms with van der Waals surface area (Å²) in [6.45, 7) is 12.0. The average molecular weight is 223 g/mol. The highest BCUT2D eigenvalue weighted by atomic mass is 16.2. The molecule has 1 atom stereocenters. The summed E-state index contributed by atoms with van der Waals surface area (Å²) in [7, 11) is 0. The quantitative estimate of drug-likeness (QED) is 0.720. The molecule has 2 rings (SSSR count). The van der Waals surface area contributed by atoms with Gasteiger partial charge in [-0.05, 0) is 51.4 Å². The smallest absolute Gasteiger partial charge is 0.226 e. The van der Waals surface area contributed by atoms with E-state index < -0.39 is 0 Å². The maximum absolute atomic E-state index is 12.3. The number of nitrogens with zero attached hydrogens (tertiary/aromatic N) is 1. The Balaban J connectivity index is 2.01. The number of carbonyl (C=O) groups excluding carboxylic acids is 1. The van der Waals surface area contributed by atoms with Crippen LogP contribution in [-0.4, -0.2) is 22.9 Å². The molecule has 0 aliphatic heterocycles. The molecule has 0 radical (unpaired) electrons. The molecule has 0 heterocycles. The highest BCUT2D eigenvalue weighted by molar-refractivity contribution is 5.81. The molecular formula is C14H25NO. The molecule has 0 aromatic rings. The summed E-state index contributed by atoms with van der Waals surface area (Å²) in [6.07, 6.45) is 3.50. The zero-order valence-corrected chi connectivity index (χ0v) is 11.3. The number of hydrogen-bond donors (Lipinski definition) is 0. The van der Waals surface area contributed by atoms with E-state index in [4.69, 9.17) is 0 Å². The number of hydrogen-bond acceptors (Lipinski definition) is 1. The van der Waals surface area contributed by atoms with Crippen molar-refractivity contribution in [2.75, 3.05) is 6.54 Å². The molecular weight excluding hydrogens is 198 g/mol. The molecule has 16 heavy (non-hydrogen) atoms. The maximum atomic E-state index is 12.3. The van der Waals surface area contributed by atoms with Crippen LogP contribution < -0.4 is 0 Å². The lowest BCUT2D eigenvalue weighted by Gasteiger charge is -2.36. The van der Waals surface area contributed by atoms with Gasteiger partial charge in [0.15, 0.2) is 0 Å². The Kier molecular flexibility index (Phi) is 2.60. The summed E-state index contributed by atoms with van der Waals surface area (Å²) >= 11 is 0. The Hall–Kier alpha value is -0.530. The van der Waals surface area contributed by atoms with Crippen LogP contribution in [0.2, 0.25) is 0 Å². The second-order valence-electron chi connectivity index (χ2n) is 7.28. The normalized spacial score (nSPS) is 27.7. The topological polar surface area (TPSA) is 20.3 Å². The average Bonchev–Trinajstić information content (AvgIpc) is 2.95. The third kappa shape index (κ3) is 2.41. The largest absolute Gasteiger partial charge is 0.337 e. The van der Waals surface area contributed by atoms with Gasteiger partial charge in [0, 0.05) is 18.0 Å². The van der Waals surface area contributed by atoms with Crippen molar-refractivity contribution in [3.63, 3.8) is 0 Å². The molecule has 0 aromatic heterocycles. The van der Waals surface area contributed by atoms with Crippen LogP contribution in [0.4, 0.5) is 0 Å². The lowest BCUT2D eigenvalue weighted by molar-refractivity contribution is -0.137. The van der Waals surface area contributed by atoms with Crippen molar-refractivity contribution < 1.29 is 4.79 Å². The van der Waals surface area contributed by atoms with E-state index >= 15 is 0 Å². The third-order valence-electron chi connectivity index (χ3n) is 4.12. The fourth-order valence-corrected chi connectivity index (χ4v) is 2.35. The molecule has 0 saturated heterocycles. The molecule has 2 aliphatic carbocycles. The Morgan fingerprint density at radius 1 is 1.31 bits per heavy atom. The molecule has 1 unspecified atom stereocenters. The van der Waals surface area contributed by atoms with Gasteiger partial charge in [-0.3, -0.25) is 4.79 Å². The van der Waals surface area contributed by atoms with Gasteiger partial charge < -0.3 is 4.90 Å². The molecule has 2 fully saturated rings. The van der Waals surface area contributed by atoms with Crippen LogP contribution in [0.3, 0.4) is 0 Å². The van der Waals surface area contributed by atoms with Crippen LogP contribution in [0, 0.1) is 17.3 Å². The molecule has 2 saturated carbocycles. The van der Waals surface area contributed by atoms with Crippen LogP contribution >= 0.6 is 0 Å². The van der Waals surface area contributed by atoms with Crippen molar-refractivity contribution in [3.05, 3.63) is 0 Å². The number of amides is 1. The van der Waals surface area contributed by atoms with Crippen molar-refractivity contribution in [1.29, 1.82) is 0 Å². The van der Waals surface area contributed by atoms with E-state index in [9.17, 15) is 4.79 Å². The van der Waals surface area contributed by atoms with Crippen molar-refractivity contribution in [2.24, 2.45) is 17.3 Å². The van der Waals surface area contributed by atoms with E-state index in [1.165, 1.54) is 6.42 Å². The van der Waals surface area contributed by atoms with Crippen LogP contribution in [0.15, 0.2) is 0 Å². The van der Waals surface area contributed by atoms with E-state index in [2.05, 4.69) is 39.5 Å². The minimum atomic E-state index is -0.0155. The summed E-state index contributed by atoms with van der Waals surface area (Å²) in [5.41, 5.74) is 0.450. The molecule has 0 aromatic carbocycles. The molecule has 92 valence electrons. The Morgan fingerprint density at radius 2 is 1.81 bits per heavy atom. The van der Waals surface area contributed by atoms with Gasteiger partial charge in [-0.1, -0.05) is 13.8 Å². The monoisotopic (exact) mass is 223 g/mol. The van der Waals surface area contributed by atoms with Gasteiger partial charge in [-0.25, -0.2) is 0 Å². The zero-order chi connectivity index (χ0) is 12.1.